The zero-order valence-corrected chi connectivity index (χ0v) is 19.6. The van der Waals surface area contributed by atoms with Crippen LogP contribution < -0.4 is 11.1 Å². The number of fused-ring (bicyclic) bond motifs is 1. The molecule has 176 valence electrons. The number of nitrogens with two attached hydrogens (primary N) is 1. The van der Waals surface area contributed by atoms with Crippen molar-refractivity contribution in [3.05, 3.63) is 62.9 Å². The monoisotopic (exact) mass is 507 g/mol. The van der Waals surface area contributed by atoms with Crippen molar-refractivity contribution in [2.45, 2.75) is 20.0 Å². The first-order valence-electron chi connectivity index (χ1n) is 9.80. The molecule has 0 spiro atoms. The van der Waals surface area contributed by atoms with Gasteiger partial charge in [0, 0.05) is 12.4 Å². The summed E-state index contributed by atoms with van der Waals surface area (Å²) in [5.41, 5.74) is 6.25. The number of rotatable bonds is 4. The largest absolute Gasteiger partial charge is 0.433 e. The average Bonchev–Trinajstić information content (AvgIpc) is 3.26. The third kappa shape index (κ3) is 4.12. The van der Waals surface area contributed by atoms with Gasteiger partial charge in [0.15, 0.2) is 5.69 Å². The van der Waals surface area contributed by atoms with Crippen LogP contribution in [0, 0.1) is 13.8 Å². The molecule has 0 atom stereocenters. The van der Waals surface area contributed by atoms with Gasteiger partial charge in [-0.05, 0) is 31.0 Å². The fourth-order valence-corrected chi connectivity index (χ4v) is 4.65. The fraction of sp³-hybridized carbons (Fsp3) is 0.182. The van der Waals surface area contributed by atoms with Crippen molar-refractivity contribution in [1.82, 2.24) is 14.8 Å². The van der Waals surface area contributed by atoms with E-state index in [1.165, 1.54) is 4.68 Å². The topological polar surface area (TPSA) is 103 Å². The van der Waals surface area contributed by atoms with E-state index >= 15 is 0 Å². The number of primary amides is 1. The summed E-state index contributed by atoms with van der Waals surface area (Å²) in [6.45, 7) is 3.51. The molecule has 0 bridgehead atoms. The summed E-state index contributed by atoms with van der Waals surface area (Å²) in [4.78, 5) is 28.7. The number of aryl methyl sites for hydroxylation is 2. The van der Waals surface area contributed by atoms with Gasteiger partial charge in [-0.25, -0.2) is 4.98 Å². The maximum absolute atomic E-state index is 13.6. The van der Waals surface area contributed by atoms with Gasteiger partial charge in [-0.1, -0.05) is 41.4 Å². The third-order valence-electron chi connectivity index (χ3n) is 5.25. The Kier molecular flexibility index (Phi) is 5.86. The molecule has 7 nitrogen and oxygen atoms in total. The second-order valence-corrected chi connectivity index (χ2v) is 8.97. The molecule has 34 heavy (non-hydrogen) atoms. The van der Waals surface area contributed by atoms with E-state index in [0.717, 1.165) is 11.6 Å². The highest BCUT2D eigenvalue weighted by Crippen LogP contribution is 2.44. The van der Waals surface area contributed by atoms with Crippen molar-refractivity contribution in [2.75, 3.05) is 5.32 Å². The van der Waals surface area contributed by atoms with Crippen LogP contribution in [0.3, 0.4) is 0 Å². The van der Waals surface area contributed by atoms with Crippen molar-refractivity contribution in [2.24, 2.45) is 12.8 Å². The van der Waals surface area contributed by atoms with Gasteiger partial charge in [-0.3, -0.25) is 14.3 Å². The van der Waals surface area contributed by atoms with E-state index in [4.69, 9.17) is 17.3 Å². The lowest BCUT2D eigenvalue weighted by Gasteiger charge is -2.12. The van der Waals surface area contributed by atoms with Crippen LogP contribution in [0.4, 0.5) is 18.9 Å². The van der Waals surface area contributed by atoms with Gasteiger partial charge < -0.3 is 11.1 Å². The van der Waals surface area contributed by atoms with E-state index in [9.17, 15) is 22.8 Å². The zero-order chi connectivity index (χ0) is 24.9. The molecule has 4 aromatic rings. The van der Waals surface area contributed by atoms with Gasteiger partial charge in [0.2, 0.25) is 0 Å². The molecule has 0 fully saturated rings. The lowest BCUT2D eigenvalue weighted by atomic mass is 10.00. The number of aromatic nitrogens is 3. The summed E-state index contributed by atoms with van der Waals surface area (Å²) in [6, 6.07) is 7.67. The maximum atomic E-state index is 13.6. The lowest BCUT2D eigenvalue weighted by molar-refractivity contribution is -0.140. The standard InChI is InChI=1S/C22H17ClF3N5O2S/c1-9-4-6-11(7-5-9)12-8-13(22(24,25)26)28-21-14(12)16(18(34-21)19(27)32)29-20(33)17-15(23)10(2)31(3)30-17/h4-8H,1-3H3,(H2,27,32)(H,29,33). The summed E-state index contributed by atoms with van der Waals surface area (Å²) in [7, 11) is 1.60. The normalized spacial score (nSPS) is 11.7. The lowest BCUT2D eigenvalue weighted by Crippen LogP contribution is -2.17. The SMILES string of the molecule is Cc1ccc(-c2cc(C(F)(F)F)nc3sc(C(N)=O)c(NC(=O)c4nn(C)c(C)c4Cl)c23)cc1. The van der Waals surface area contributed by atoms with Gasteiger partial charge in [-0.15, -0.1) is 11.3 Å². The molecule has 12 heteroatoms. The molecule has 1 aromatic carbocycles. The first kappa shape index (κ1) is 23.7. The molecular weight excluding hydrogens is 491 g/mol. The predicted molar refractivity (Wildman–Crippen MR) is 124 cm³/mol. The molecule has 3 heterocycles. The average molecular weight is 508 g/mol. The first-order valence-corrected chi connectivity index (χ1v) is 11.0. The van der Waals surface area contributed by atoms with E-state index in [1.54, 1.807) is 38.2 Å². The van der Waals surface area contributed by atoms with Gasteiger partial charge in [0.05, 0.1) is 16.4 Å². The van der Waals surface area contributed by atoms with Crippen molar-refractivity contribution in [3.63, 3.8) is 0 Å². The Morgan fingerprint density at radius 2 is 1.82 bits per heavy atom. The quantitative estimate of drug-likeness (QED) is 0.389. The van der Waals surface area contributed by atoms with Crippen LogP contribution in [0.2, 0.25) is 5.02 Å². The number of amides is 2. The number of carbonyl (C=O) groups excluding carboxylic acids is 2. The number of anilines is 1. The Hall–Kier alpha value is -3.44. The molecule has 0 saturated heterocycles. The van der Waals surface area contributed by atoms with Crippen molar-refractivity contribution in [3.8, 4) is 11.1 Å². The molecule has 0 aliphatic rings. The summed E-state index contributed by atoms with van der Waals surface area (Å²) in [6.07, 6.45) is -4.73. The van der Waals surface area contributed by atoms with Gasteiger partial charge in [-0.2, -0.15) is 18.3 Å². The van der Waals surface area contributed by atoms with Crippen LogP contribution in [0.25, 0.3) is 21.3 Å². The molecule has 3 aromatic heterocycles. The number of nitrogens with zero attached hydrogens (tertiary/aromatic N) is 3. The molecule has 0 aliphatic heterocycles. The smallest absolute Gasteiger partial charge is 0.365 e. The number of nitrogens with one attached hydrogen (secondary N) is 1. The number of halogens is 4. The Labute approximate surface area is 200 Å². The molecular formula is C22H17ClF3N5O2S. The Morgan fingerprint density at radius 3 is 2.35 bits per heavy atom. The van der Waals surface area contributed by atoms with Crippen LogP contribution in [0.15, 0.2) is 30.3 Å². The minimum atomic E-state index is -4.73. The molecule has 0 saturated carbocycles. The Bertz CT molecular complexity index is 1460. The number of carbonyl (C=O) groups is 2. The van der Waals surface area contributed by atoms with Crippen LogP contribution >= 0.6 is 22.9 Å². The van der Waals surface area contributed by atoms with E-state index in [2.05, 4.69) is 15.4 Å². The van der Waals surface area contributed by atoms with Crippen molar-refractivity contribution >= 4 is 50.7 Å². The highest BCUT2D eigenvalue weighted by molar-refractivity contribution is 7.21. The number of pyridine rings is 1. The summed E-state index contributed by atoms with van der Waals surface area (Å²) in [5.74, 6) is -1.67. The van der Waals surface area contributed by atoms with Gasteiger partial charge >= 0.3 is 6.18 Å². The molecule has 0 unspecified atom stereocenters. The Morgan fingerprint density at radius 1 is 1.18 bits per heavy atom. The third-order valence-corrected chi connectivity index (χ3v) is 6.80. The van der Waals surface area contributed by atoms with Crippen molar-refractivity contribution < 1.29 is 22.8 Å². The predicted octanol–water partition coefficient (Wildman–Crippen LogP) is 5.34. The second-order valence-electron chi connectivity index (χ2n) is 7.60. The van der Waals surface area contributed by atoms with E-state index in [-0.39, 0.29) is 37.1 Å². The molecule has 4 rings (SSSR count). The molecule has 2 amide bonds. The van der Waals surface area contributed by atoms with Crippen LogP contribution in [0.5, 0.6) is 0 Å². The second kappa shape index (κ2) is 8.41. The van der Waals surface area contributed by atoms with E-state index in [0.29, 0.717) is 22.6 Å². The van der Waals surface area contributed by atoms with Gasteiger partial charge in [0.1, 0.15) is 15.4 Å². The van der Waals surface area contributed by atoms with Gasteiger partial charge in [0.25, 0.3) is 11.8 Å². The molecule has 0 radical (unpaired) electrons. The highest BCUT2D eigenvalue weighted by atomic mass is 35.5. The molecule has 3 N–H and O–H groups in total. The number of thiophene rings is 1. The number of hydrogen-bond acceptors (Lipinski definition) is 5. The van der Waals surface area contributed by atoms with E-state index in [1.807, 2.05) is 6.92 Å². The Balaban J connectivity index is 1.99. The fourth-order valence-electron chi connectivity index (χ4n) is 3.40. The number of hydrogen-bond donors (Lipinski definition) is 2. The minimum absolute atomic E-state index is 0.0475. The first-order chi connectivity index (χ1) is 15.9. The highest BCUT2D eigenvalue weighted by Gasteiger charge is 2.35. The van der Waals surface area contributed by atoms with Crippen LogP contribution in [0.1, 0.15) is 37.1 Å². The van der Waals surface area contributed by atoms with Crippen LogP contribution in [-0.2, 0) is 13.2 Å². The summed E-state index contributed by atoms with van der Waals surface area (Å²) < 4.78 is 42.2. The number of benzene rings is 1. The zero-order valence-electron chi connectivity index (χ0n) is 18.0. The minimum Gasteiger partial charge on any atom is -0.365 e. The van der Waals surface area contributed by atoms with Crippen LogP contribution in [-0.4, -0.2) is 26.6 Å². The number of alkyl halides is 3. The summed E-state index contributed by atoms with van der Waals surface area (Å²) in [5, 5.41) is 6.93. The maximum Gasteiger partial charge on any atom is 0.433 e. The van der Waals surface area contributed by atoms with E-state index < -0.39 is 23.7 Å². The van der Waals surface area contributed by atoms with Crippen molar-refractivity contribution in [1.29, 1.82) is 0 Å². The molecule has 0 aliphatic carbocycles. The summed E-state index contributed by atoms with van der Waals surface area (Å²) >= 11 is 6.88.